The lowest BCUT2D eigenvalue weighted by Crippen LogP contribution is -2.29. The molecule has 1 saturated heterocycles. The summed E-state index contributed by atoms with van der Waals surface area (Å²) in [5.74, 6) is -1.14. The molecule has 0 unspecified atom stereocenters. The molecule has 1 aliphatic rings. The third-order valence-corrected chi connectivity index (χ3v) is 5.99. The summed E-state index contributed by atoms with van der Waals surface area (Å²) in [7, 11) is 0. The van der Waals surface area contributed by atoms with Gasteiger partial charge in [-0.3, -0.25) is 14.5 Å². The van der Waals surface area contributed by atoms with Gasteiger partial charge in [0.2, 0.25) is 0 Å². The number of carbonyl (C=O) groups excluding carboxylic acids is 2. The molecule has 4 rings (SSSR count). The topological polar surface area (TPSA) is 79.7 Å². The second-order valence-corrected chi connectivity index (χ2v) is 8.45. The van der Waals surface area contributed by atoms with Gasteiger partial charge in [0.1, 0.15) is 18.1 Å². The van der Waals surface area contributed by atoms with Crippen molar-refractivity contribution < 1.29 is 19.4 Å². The van der Waals surface area contributed by atoms with Crippen molar-refractivity contribution in [2.24, 2.45) is 0 Å². The number of ether oxygens (including phenoxy) is 1. The SMILES string of the molecule is C=CCOc1ccc(C(O)=C2C(=O)C(=O)N(c3nccs3)[C@@H]2c2cccc(Br)c2)cc1. The van der Waals surface area contributed by atoms with Gasteiger partial charge in [0.05, 0.1) is 11.6 Å². The van der Waals surface area contributed by atoms with Crippen molar-refractivity contribution in [2.75, 3.05) is 11.5 Å². The Kier molecular flexibility index (Phi) is 6.01. The van der Waals surface area contributed by atoms with E-state index in [1.165, 1.54) is 16.2 Å². The highest BCUT2D eigenvalue weighted by Crippen LogP contribution is 2.43. The van der Waals surface area contributed by atoms with Crippen LogP contribution in [0.15, 0.2) is 82.8 Å². The van der Waals surface area contributed by atoms with E-state index in [1.54, 1.807) is 48.0 Å². The molecule has 156 valence electrons. The van der Waals surface area contributed by atoms with Crippen LogP contribution >= 0.6 is 27.3 Å². The maximum atomic E-state index is 13.0. The van der Waals surface area contributed by atoms with Gasteiger partial charge in [-0.25, -0.2) is 4.98 Å². The van der Waals surface area contributed by atoms with Crippen molar-refractivity contribution in [3.8, 4) is 5.75 Å². The van der Waals surface area contributed by atoms with Crippen LogP contribution in [-0.2, 0) is 9.59 Å². The minimum Gasteiger partial charge on any atom is -0.507 e. The van der Waals surface area contributed by atoms with E-state index in [0.29, 0.717) is 28.6 Å². The highest BCUT2D eigenvalue weighted by atomic mass is 79.9. The third-order valence-electron chi connectivity index (χ3n) is 4.73. The summed E-state index contributed by atoms with van der Waals surface area (Å²) in [5.41, 5.74) is 1.09. The molecule has 1 fully saturated rings. The molecule has 6 nitrogen and oxygen atoms in total. The van der Waals surface area contributed by atoms with Crippen LogP contribution in [-0.4, -0.2) is 28.4 Å². The van der Waals surface area contributed by atoms with E-state index in [1.807, 2.05) is 18.2 Å². The van der Waals surface area contributed by atoms with Crippen LogP contribution in [0.3, 0.4) is 0 Å². The van der Waals surface area contributed by atoms with Crippen LogP contribution in [0.2, 0.25) is 0 Å². The Bertz CT molecular complexity index is 1170. The summed E-state index contributed by atoms with van der Waals surface area (Å²) in [6, 6.07) is 13.1. The van der Waals surface area contributed by atoms with Gasteiger partial charge in [0, 0.05) is 21.6 Å². The lowest BCUT2D eigenvalue weighted by atomic mass is 9.95. The first-order valence-electron chi connectivity index (χ1n) is 9.31. The van der Waals surface area contributed by atoms with E-state index in [0.717, 1.165) is 4.47 Å². The number of anilines is 1. The number of halogens is 1. The van der Waals surface area contributed by atoms with E-state index in [-0.39, 0.29) is 11.3 Å². The van der Waals surface area contributed by atoms with E-state index in [2.05, 4.69) is 27.5 Å². The Morgan fingerprint density at radius 3 is 2.68 bits per heavy atom. The van der Waals surface area contributed by atoms with Crippen LogP contribution in [0.4, 0.5) is 5.13 Å². The molecular formula is C23H17BrN2O4S. The highest BCUT2D eigenvalue weighted by molar-refractivity contribution is 9.10. The molecule has 31 heavy (non-hydrogen) atoms. The number of Topliss-reactive ketones (excluding diaryl/α,β-unsaturated/α-hetero) is 1. The molecule has 1 aliphatic heterocycles. The first-order chi connectivity index (χ1) is 15.0. The number of rotatable bonds is 6. The maximum absolute atomic E-state index is 13.0. The summed E-state index contributed by atoms with van der Waals surface area (Å²) in [4.78, 5) is 31.5. The zero-order valence-electron chi connectivity index (χ0n) is 16.2. The number of hydrogen-bond acceptors (Lipinski definition) is 6. The second kappa shape index (κ2) is 8.87. The number of aliphatic hydroxyl groups is 1. The molecule has 0 spiro atoms. The number of aliphatic hydroxyl groups excluding tert-OH is 1. The van der Waals surface area contributed by atoms with Crippen molar-refractivity contribution in [1.29, 1.82) is 0 Å². The van der Waals surface area contributed by atoms with Crippen molar-refractivity contribution in [1.82, 2.24) is 4.98 Å². The van der Waals surface area contributed by atoms with Gasteiger partial charge < -0.3 is 9.84 Å². The van der Waals surface area contributed by atoms with Gasteiger partial charge in [-0.1, -0.05) is 40.7 Å². The fourth-order valence-electron chi connectivity index (χ4n) is 3.38. The molecule has 2 aromatic carbocycles. The predicted octanol–water partition coefficient (Wildman–Crippen LogP) is 5.10. The van der Waals surface area contributed by atoms with Gasteiger partial charge in [0.15, 0.2) is 5.13 Å². The lowest BCUT2D eigenvalue weighted by molar-refractivity contribution is -0.132. The largest absolute Gasteiger partial charge is 0.507 e. The summed E-state index contributed by atoms with van der Waals surface area (Å²) in [6.07, 6.45) is 3.20. The molecule has 0 radical (unpaired) electrons. The summed E-state index contributed by atoms with van der Waals surface area (Å²) < 4.78 is 6.26. The quantitative estimate of drug-likeness (QED) is 0.222. The normalized spacial score (nSPS) is 17.7. The van der Waals surface area contributed by atoms with Crippen molar-refractivity contribution >= 4 is 49.8 Å². The van der Waals surface area contributed by atoms with Crippen LogP contribution in [0.5, 0.6) is 5.75 Å². The summed E-state index contributed by atoms with van der Waals surface area (Å²) in [6.45, 7) is 3.96. The number of aromatic nitrogens is 1. The molecule has 0 aliphatic carbocycles. The molecule has 0 saturated carbocycles. The van der Waals surface area contributed by atoms with Crippen LogP contribution in [0.1, 0.15) is 17.2 Å². The third kappa shape index (κ3) is 4.04. The summed E-state index contributed by atoms with van der Waals surface area (Å²) in [5, 5.41) is 13.2. The number of hydrogen-bond donors (Lipinski definition) is 1. The van der Waals surface area contributed by atoms with Crippen molar-refractivity contribution in [3.63, 3.8) is 0 Å². The number of thiazole rings is 1. The highest BCUT2D eigenvalue weighted by Gasteiger charge is 2.48. The fourth-order valence-corrected chi connectivity index (χ4v) is 4.46. The average Bonchev–Trinajstić information content (AvgIpc) is 3.39. The van der Waals surface area contributed by atoms with E-state index in [9.17, 15) is 14.7 Å². The van der Waals surface area contributed by atoms with Crippen LogP contribution < -0.4 is 9.64 Å². The molecule has 1 amide bonds. The smallest absolute Gasteiger partial charge is 0.301 e. The average molecular weight is 497 g/mol. The Balaban J connectivity index is 1.84. The number of amides is 1. The predicted molar refractivity (Wildman–Crippen MR) is 123 cm³/mol. The summed E-state index contributed by atoms with van der Waals surface area (Å²) >= 11 is 4.69. The molecule has 1 atom stereocenters. The standard InChI is InChI=1S/C23H17BrN2O4S/c1-2-11-30-17-8-6-14(7-9-17)20(27)18-19(15-4-3-5-16(24)13-15)26(22(29)21(18)28)23-25-10-12-31-23/h2-10,12-13,19,27H,1,11H2/t19-/m1/s1. The van der Waals surface area contributed by atoms with Crippen molar-refractivity contribution in [3.05, 3.63) is 93.9 Å². The number of ketones is 1. The Morgan fingerprint density at radius 1 is 1.26 bits per heavy atom. The van der Waals surface area contributed by atoms with Crippen LogP contribution in [0.25, 0.3) is 5.76 Å². The van der Waals surface area contributed by atoms with Gasteiger partial charge in [-0.2, -0.15) is 0 Å². The zero-order valence-corrected chi connectivity index (χ0v) is 18.6. The number of carbonyl (C=O) groups is 2. The minimum atomic E-state index is -0.805. The second-order valence-electron chi connectivity index (χ2n) is 6.66. The molecular weight excluding hydrogens is 480 g/mol. The first-order valence-corrected chi connectivity index (χ1v) is 11.0. The zero-order chi connectivity index (χ0) is 22.0. The monoisotopic (exact) mass is 496 g/mol. The molecule has 0 bridgehead atoms. The van der Waals surface area contributed by atoms with Gasteiger partial charge in [0.25, 0.3) is 5.78 Å². The molecule has 1 aromatic heterocycles. The Labute approximate surface area is 191 Å². The van der Waals surface area contributed by atoms with Gasteiger partial charge in [-0.15, -0.1) is 11.3 Å². The van der Waals surface area contributed by atoms with Crippen molar-refractivity contribution in [2.45, 2.75) is 6.04 Å². The van der Waals surface area contributed by atoms with E-state index < -0.39 is 17.7 Å². The molecule has 3 aromatic rings. The van der Waals surface area contributed by atoms with Gasteiger partial charge >= 0.3 is 5.91 Å². The van der Waals surface area contributed by atoms with Crippen LogP contribution in [0, 0.1) is 0 Å². The lowest BCUT2D eigenvalue weighted by Gasteiger charge is -2.23. The number of benzene rings is 2. The maximum Gasteiger partial charge on any atom is 0.301 e. The van der Waals surface area contributed by atoms with Gasteiger partial charge in [-0.05, 0) is 42.0 Å². The fraction of sp³-hybridized carbons (Fsp3) is 0.0870. The molecule has 1 N–H and O–H groups in total. The Morgan fingerprint density at radius 2 is 2.03 bits per heavy atom. The molecule has 8 heteroatoms. The van der Waals surface area contributed by atoms with E-state index in [4.69, 9.17) is 4.74 Å². The number of nitrogens with zero attached hydrogens (tertiary/aromatic N) is 2. The molecule has 2 heterocycles. The minimum absolute atomic E-state index is 0.0121. The van der Waals surface area contributed by atoms with E-state index >= 15 is 0 Å². The first kappa shape index (κ1) is 21.0. The Hall–Kier alpha value is -3.23.